The largest absolute Gasteiger partial charge is 0.492 e. The number of aryl methyl sites for hydroxylation is 1. The highest BCUT2D eigenvalue weighted by Gasteiger charge is 2.02. The number of aromatic nitrogens is 2. The van der Waals surface area contributed by atoms with Gasteiger partial charge in [-0.05, 0) is 28.9 Å². The van der Waals surface area contributed by atoms with Gasteiger partial charge in [0.2, 0.25) is 0 Å². The van der Waals surface area contributed by atoms with Crippen LogP contribution in [0.3, 0.4) is 0 Å². The van der Waals surface area contributed by atoms with Crippen molar-refractivity contribution in [2.24, 2.45) is 0 Å². The van der Waals surface area contributed by atoms with Crippen LogP contribution in [0.25, 0.3) is 0 Å². The summed E-state index contributed by atoms with van der Waals surface area (Å²) in [5.74, 6) is 0.788. The number of nitrogens with zero attached hydrogens (tertiary/aromatic N) is 2. The van der Waals surface area contributed by atoms with E-state index >= 15 is 0 Å². The predicted molar refractivity (Wildman–Crippen MR) is 68.0 cm³/mol. The van der Waals surface area contributed by atoms with Crippen molar-refractivity contribution in [2.45, 2.75) is 13.3 Å². The van der Waals surface area contributed by atoms with Crippen LogP contribution in [-0.4, -0.2) is 16.6 Å². The minimum absolute atomic E-state index is 0.654. The molecule has 2 aromatic heterocycles. The zero-order valence-electron chi connectivity index (χ0n) is 8.81. The first kappa shape index (κ1) is 11.5. The van der Waals surface area contributed by atoms with Gasteiger partial charge in [-0.3, -0.25) is 4.98 Å². The SMILES string of the molecule is Cc1ncsc1CCOc1cncc(Br)c1. The summed E-state index contributed by atoms with van der Waals surface area (Å²) < 4.78 is 6.53. The molecule has 2 rings (SSSR count). The molecule has 0 saturated heterocycles. The highest BCUT2D eigenvalue weighted by Crippen LogP contribution is 2.17. The summed E-state index contributed by atoms with van der Waals surface area (Å²) in [7, 11) is 0. The molecule has 0 aliphatic carbocycles. The lowest BCUT2D eigenvalue weighted by atomic mass is 10.3. The molecule has 3 nitrogen and oxygen atoms in total. The Balaban J connectivity index is 1.87. The van der Waals surface area contributed by atoms with Gasteiger partial charge in [-0.15, -0.1) is 11.3 Å². The van der Waals surface area contributed by atoms with Crippen molar-refractivity contribution in [2.75, 3.05) is 6.61 Å². The van der Waals surface area contributed by atoms with Crippen LogP contribution in [0.15, 0.2) is 28.4 Å². The molecule has 0 fully saturated rings. The Kier molecular flexibility index (Phi) is 3.90. The summed E-state index contributed by atoms with van der Waals surface area (Å²) >= 11 is 5.03. The number of hydrogen-bond acceptors (Lipinski definition) is 4. The Bertz CT molecular complexity index is 473. The average molecular weight is 299 g/mol. The van der Waals surface area contributed by atoms with Crippen LogP contribution in [0.5, 0.6) is 5.75 Å². The summed E-state index contributed by atoms with van der Waals surface area (Å²) in [5, 5.41) is 0. The Morgan fingerprint density at radius 2 is 2.31 bits per heavy atom. The molecule has 0 spiro atoms. The summed E-state index contributed by atoms with van der Waals surface area (Å²) in [6.07, 6.45) is 4.34. The normalized spacial score (nSPS) is 10.4. The highest BCUT2D eigenvalue weighted by atomic mass is 79.9. The summed E-state index contributed by atoms with van der Waals surface area (Å²) in [5.41, 5.74) is 2.96. The van der Waals surface area contributed by atoms with Gasteiger partial charge in [0.1, 0.15) is 5.75 Å². The van der Waals surface area contributed by atoms with Gasteiger partial charge in [0.05, 0.1) is 24.0 Å². The van der Waals surface area contributed by atoms with E-state index in [2.05, 4.69) is 25.9 Å². The molecule has 0 aliphatic rings. The Morgan fingerprint density at radius 3 is 3.00 bits per heavy atom. The maximum atomic E-state index is 5.60. The molecule has 16 heavy (non-hydrogen) atoms. The number of rotatable bonds is 4. The molecule has 0 unspecified atom stereocenters. The molecule has 0 radical (unpaired) electrons. The van der Waals surface area contributed by atoms with Gasteiger partial charge in [-0.2, -0.15) is 0 Å². The Hall–Kier alpha value is -0.940. The molecule has 84 valence electrons. The number of pyridine rings is 1. The molecule has 2 heterocycles. The molecule has 0 aromatic carbocycles. The van der Waals surface area contributed by atoms with Crippen molar-refractivity contribution < 1.29 is 4.74 Å². The second-order valence-electron chi connectivity index (χ2n) is 3.30. The van der Waals surface area contributed by atoms with E-state index in [0.717, 1.165) is 22.3 Å². The van der Waals surface area contributed by atoms with E-state index < -0.39 is 0 Å². The fraction of sp³-hybridized carbons (Fsp3) is 0.273. The van der Waals surface area contributed by atoms with Gasteiger partial charge in [-0.25, -0.2) is 4.98 Å². The van der Waals surface area contributed by atoms with Crippen molar-refractivity contribution in [3.05, 3.63) is 39.0 Å². The van der Waals surface area contributed by atoms with Crippen LogP contribution >= 0.6 is 27.3 Å². The van der Waals surface area contributed by atoms with Crippen LogP contribution in [0.4, 0.5) is 0 Å². The maximum absolute atomic E-state index is 5.60. The minimum Gasteiger partial charge on any atom is -0.492 e. The topological polar surface area (TPSA) is 35.0 Å². The second kappa shape index (κ2) is 5.41. The predicted octanol–water partition coefficient (Wildman–Crippen LogP) is 3.23. The van der Waals surface area contributed by atoms with E-state index in [-0.39, 0.29) is 0 Å². The third-order valence-electron chi connectivity index (χ3n) is 2.12. The van der Waals surface area contributed by atoms with E-state index in [4.69, 9.17) is 4.74 Å². The lowest BCUT2D eigenvalue weighted by Gasteiger charge is -2.05. The first-order chi connectivity index (χ1) is 7.75. The van der Waals surface area contributed by atoms with E-state index in [1.807, 2.05) is 18.5 Å². The number of halogens is 1. The fourth-order valence-electron chi connectivity index (χ4n) is 1.30. The molecule has 0 amide bonds. The Labute approximate surface area is 107 Å². The molecule has 0 saturated carbocycles. The van der Waals surface area contributed by atoms with Crippen LogP contribution in [0.2, 0.25) is 0 Å². The monoisotopic (exact) mass is 298 g/mol. The van der Waals surface area contributed by atoms with Gasteiger partial charge in [0.15, 0.2) is 0 Å². The molecular formula is C11H11BrN2OS. The number of hydrogen-bond donors (Lipinski definition) is 0. The smallest absolute Gasteiger partial charge is 0.138 e. The van der Waals surface area contributed by atoms with Crippen molar-refractivity contribution in [1.29, 1.82) is 0 Å². The zero-order chi connectivity index (χ0) is 11.4. The van der Waals surface area contributed by atoms with Crippen LogP contribution < -0.4 is 4.74 Å². The lowest BCUT2D eigenvalue weighted by molar-refractivity contribution is 0.321. The molecule has 0 aliphatic heterocycles. The highest BCUT2D eigenvalue weighted by molar-refractivity contribution is 9.10. The third kappa shape index (κ3) is 3.02. The summed E-state index contributed by atoms with van der Waals surface area (Å²) in [6.45, 7) is 2.67. The molecule has 0 bridgehead atoms. The summed E-state index contributed by atoms with van der Waals surface area (Å²) in [6, 6.07) is 1.91. The van der Waals surface area contributed by atoms with Crippen molar-refractivity contribution >= 4 is 27.3 Å². The van der Waals surface area contributed by atoms with Crippen LogP contribution in [0, 0.1) is 6.92 Å². The minimum atomic E-state index is 0.654. The molecule has 5 heteroatoms. The lowest BCUT2D eigenvalue weighted by Crippen LogP contribution is -2.01. The molecule has 0 N–H and O–H groups in total. The van der Waals surface area contributed by atoms with Gasteiger partial charge < -0.3 is 4.74 Å². The second-order valence-corrected chi connectivity index (χ2v) is 5.15. The number of ether oxygens (including phenoxy) is 1. The quantitative estimate of drug-likeness (QED) is 0.869. The van der Waals surface area contributed by atoms with Gasteiger partial charge in [-0.1, -0.05) is 0 Å². The Morgan fingerprint density at radius 1 is 1.44 bits per heavy atom. The first-order valence-electron chi connectivity index (χ1n) is 4.88. The van der Waals surface area contributed by atoms with E-state index in [1.54, 1.807) is 23.7 Å². The molecule has 0 atom stereocenters. The van der Waals surface area contributed by atoms with Gasteiger partial charge in [0.25, 0.3) is 0 Å². The third-order valence-corrected chi connectivity index (χ3v) is 3.55. The van der Waals surface area contributed by atoms with E-state index in [0.29, 0.717) is 6.61 Å². The standard InChI is InChI=1S/C11H11BrN2OS/c1-8-11(16-7-14-8)2-3-15-10-4-9(12)5-13-6-10/h4-7H,2-3H2,1H3. The maximum Gasteiger partial charge on any atom is 0.138 e. The summed E-state index contributed by atoms with van der Waals surface area (Å²) in [4.78, 5) is 9.52. The van der Waals surface area contributed by atoms with E-state index in [9.17, 15) is 0 Å². The van der Waals surface area contributed by atoms with Crippen LogP contribution in [-0.2, 0) is 6.42 Å². The van der Waals surface area contributed by atoms with Crippen molar-refractivity contribution in [3.8, 4) is 5.75 Å². The fourth-order valence-corrected chi connectivity index (χ4v) is 2.41. The zero-order valence-corrected chi connectivity index (χ0v) is 11.2. The van der Waals surface area contributed by atoms with Gasteiger partial charge >= 0.3 is 0 Å². The molecular weight excluding hydrogens is 288 g/mol. The first-order valence-corrected chi connectivity index (χ1v) is 6.55. The van der Waals surface area contributed by atoms with Gasteiger partial charge in [0, 0.05) is 22.0 Å². The van der Waals surface area contributed by atoms with E-state index in [1.165, 1.54) is 4.88 Å². The van der Waals surface area contributed by atoms with Crippen molar-refractivity contribution in [1.82, 2.24) is 9.97 Å². The average Bonchev–Trinajstić information content (AvgIpc) is 2.65. The molecule has 2 aromatic rings. The van der Waals surface area contributed by atoms with Crippen molar-refractivity contribution in [3.63, 3.8) is 0 Å². The number of thiazole rings is 1. The van der Waals surface area contributed by atoms with Crippen LogP contribution in [0.1, 0.15) is 10.6 Å².